The van der Waals surface area contributed by atoms with Gasteiger partial charge in [0.05, 0.1) is 13.0 Å². The molecule has 0 aromatic heterocycles. The van der Waals surface area contributed by atoms with Crippen LogP contribution in [0.1, 0.15) is 37.8 Å². The topological polar surface area (TPSA) is 78.6 Å². The lowest BCUT2D eigenvalue weighted by Gasteiger charge is -2.30. The first-order chi connectivity index (χ1) is 10.2. The van der Waals surface area contributed by atoms with Crippen molar-refractivity contribution in [3.63, 3.8) is 0 Å². The maximum absolute atomic E-state index is 11.5. The van der Waals surface area contributed by atoms with E-state index in [2.05, 4.69) is 24.2 Å². The fourth-order valence-corrected chi connectivity index (χ4v) is 2.65. The molecule has 0 aliphatic rings. The Morgan fingerprint density at radius 3 is 2.43 bits per heavy atom. The van der Waals surface area contributed by atoms with Gasteiger partial charge >= 0.3 is 0 Å². The van der Waals surface area contributed by atoms with Crippen molar-refractivity contribution < 1.29 is 9.90 Å². The first-order valence-electron chi connectivity index (χ1n) is 7.57. The molecule has 0 aliphatic heterocycles. The van der Waals surface area contributed by atoms with Gasteiger partial charge in [-0.25, -0.2) is 5.84 Å². The summed E-state index contributed by atoms with van der Waals surface area (Å²) in [5, 5.41) is 9.29. The van der Waals surface area contributed by atoms with Gasteiger partial charge in [-0.2, -0.15) is 0 Å². The molecule has 0 heterocycles. The number of carbonyl (C=O) groups excluding carboxylic acids is 1. The molecule has 0 saturated heterocycles. The van der Waals surface area contributed by atoms with Gasteiger partial charge < -0.3 is 5.11 Å². The van der Waals surface area contributed by atoms with Gasteiger partial charge in [-0.15, -0.1) is 0 Å². The summed E-state index contributed by atoms with van der Waals surface area (Å²) in [5.74, 6) is 4.97. The average molecular weight is 293 g/mol. The minimum absolute atomic E-state index is 0.141. The van der Waals surface area contributed by atoms with Crippen LogP contribution in [0.25, 0.3) is 0 Å². The first kappa shape index (κ1) is 17.6. The third-order valence-electron chi connectivity index (χ3n) is 3.85. The summed E-state index contributed by atoms with van der Waals surface area (Å²) in [7, 11) is 0. The molecule has 1 aromatic rings. The SMILES string of the molecule is CCC(CC)N(CCO)Cc1ccccc1CC(=O)NN. The Kier molecular flexibility index (Phi) is 7.97. The maximum atomic E-state index is 11.5. The Balaban J connectivity index is 2.89. The van der Waals surface area contributed by atoms with Crippen LogP contribution in [0.3, 0.4) is 0 Å². The van der Waals surface area contributed by atoms with Crippen LogP contribution in [0.2, 0.25) is 0 Å². The number of aliphatic hydroxyl groups is 1. The molecule has 0 bridgehead atoms. The molecule has 118 valence electrons. The van der Waals surface area contributed by atoms with Crippen LogP contribution in [-0.4, -0.2) is 35.1 Å². The predicted molar refractivity (Wildman–Crippen MR) is 84.3 cm³/mol. The van der Waals surface area contributed by atoms with Crippen LogP contribution in [0.4, 0.5) is 0 Å². The Labute approximate surface area is 127 Å². The smallest absolute Gasteiger partial charge is 0.238 e. The summed E-state index contributed by atoms with van der Waals surface area (Å²) < 4.78 is 0. The van der Waals surface area contributed by atoms with E-state index in [0.717, 1.165) is 30.5 Å². The van der Waals surface area contributed by atoms with Crippen molar-refractivity contribution in [3.8, 4) is 0 Å². The number of nitrogens with zero attached hydrogens (tertiary/aromatic N) is 1. The average Bonchev–Trinajstić information content (AvgIpc) is 2.50. The molecule has 0 saturated carbocycles. The van der Waals surface area contributed by atoms with Crippen molar-refractivity contribution in [2.45, 2.75) is 45.7 Å². The van der Waals surface area contributed by atoms with Gasteiger partial charge in [0.2, 0.25) is 5.91 Å². The molecule has 0 aliphatic carbocycles. The van der Waals surface area contributed by atoms with Crippen LogP contribution in [0, 0.1) is 0 Å². The van der Waals surface area contributed by atoms with Crippen molar-refractivity contribution in [2.75, 3.05) is 13.2 Å². The summed E-state index contributed by atoms with van der Waals surface area (Å²) >= 11 is 0. The number of carbonyl (C=O) groups is 1. The number of hydrogen-bond donors (Lipinski definition) is 3. The number of aliphatic hydroxyl groups excluding tert-OH is 1. The molecule has 0 atom stereocenters. The normalized spacial score (nSPS) is 11.1. The number of amides is 1. The lowest BCUT2D eigenvalue weighted by Crippen LogP contribution is -2.37. The zero-order valence-electron chi connectivity index (χ0n) is 13.0. The number of nitrogens with one attached hydrogen (secondary N) is 1. The molecule has 1 rings (SSSR count). The van der Waals surface area contributed by atoms with E-state index in [1.54, 1.807) is 0 Å². The van der Waals surface area contributed by atoms with E-state index in [1.165, 1.54) is 0 Å². The second-order valence-corrected chi connectivity index (χ2v) is 5.18. The van der Waals surface area contributed by atoms with Gasteiger partial charge in [-0.1, -0.05) is 38.1 Å². The Morgan fingerprint density at radius 2 is 1.90 bits per heavy atom. The molecular formula is C16H27N3O2. The summed E-state index contributed by atoms with van der Waals surface area (Å²) in [6.45, 7) is 5.84. The number of benzene rings is 1. The molecule has 5 heteroatoms. The molecule has 0 radical (unpaired) electrons. The molecular weight excluding hydrogens is 266 g/mol. The van der Waals surface area contributed by atoms with E-state index >= 15 is 0 Å². The molecule has 1 aromatic carbocycles. The number of hydrazine groups is 1. The zero-order chi connectivity index (χ0) is 15.7. The maximum Gasteiger partial charge on any atom is 0.238 e. The highest BCUT2D eigenvalue weighted by Crippen LogP contribution is 2.17. The fraction of sp³-hybridized carbons (Fsp3) is 0.562. The van der Waals surface area contributed by atoms with E-state index < -0.39 is 0 Å². The highest BCUT2D eigenvalue weighted by molar-refractivity contribution is 5.78. The Bertz CT molecular complexity index is 433. The second kappa shape index (κ2) is 9.50. The van der Waals surface area contributed by atoms with Crippen molar-refractivity contribution >= 4 is 5.91 Å². The van der Waals surface area contributed by atoms with Crippen molar-refractivity contribution in [3.05, 3.63) is 35.4 Å². The molecule has 21 heavy (non-hydrogen) atoms. The predicted octanol–water partition coefficient (Wildman–Crippen LogP) is 1.20. The van der Waals surface area contributed by atoms with E-state index in [4.69, 9.17) is 5.84 Å². The van der Waals surface area contributed by atoms with Crippen LogP contribution in [0.15, 0.2) is 24.3 Å². The van der Waals surface area contributed by atoms with Gasteiger partial charge in [0.25, 0.3) is 0 Å². The van der Waals surface area contributed by atoms with Crippen LogP contribution in [0.5, 0.6) is 0 Å². The van der Waals surface area contributed by atoms with E-state index in [-0.39, 0.29) is 18.9 Å². The lowest BCUT2D eigenvalue weighted by molar-refractivity contribution is -0.120. The Morgan fingerprint density at radius 1 is 1.29 bits per heavy atom. The van der Waals surface area contributed by atoms with Gasteiger partial charge in [0, 0.05) is 19.1 Å². The number of rotatable bonds is 9. The second-order valence-electron chi connectivity index (χ2n) is 5.18. The minimum atomic E-state index is -0.196. The first-order valence-corrected chi connectivity index (χ1v) is 7.57. The molecule has 1 amide bonds. The summed E-state index contributed by atoms with van der Waals surface area (Å²) in [6, 6.07) is 8.33. The van der Waals surface area contributed by atoms with Crippen LogP contribution in [-0.2, 0) is 17.8 Å². The summed E-state index contributed by atoms with van der Waals surface area (Å²) in [4.78, 5) is 13.8. The standard InChI is InChI=1S/C16H27N3O2/c1-3-15(4-2)19(9-10-20)12-14-8-6-5-7-13(14)11-16(21)18-17/h5-8,15,20H,3-4,9-12,17H2,1-2H3,(H,18,21). The van der Waals surface area contributed by atoms with Crippen LogP contribution < -0.4 is 11.3 Å². The third kappa shape index (κ3) is 5.46. The van der Waals surface area contributed by atoms with E-state index in [9.17, 15) is 9.90 Å². The van der Waals surface area contributed by atoms with Gasteiger partial charge in [0.1, 0.15) is 0 Å². The van der Waals surface area contributed by atoms with Gasteiger partial charge in [0.15, 0.2) is 0 Å². The van der Waals surface area contributed by atoms with Crippen molar-refractivity contribution in [1.82, 2.24) is 10.3 Å². The van der Waals surface area contributed by atoms with E-state index in [1.807, 2.05) is 24.3 Å². The van der Waals surface area contributed by atoms with Gasteiger partial charge in [-0.3, -0.25) is 15.1 Å². The van der Waals surface area contributed by atoms with Gasteiger partial charge in [-0.05, 0) is 24.0 Å². The lowest BCUT2D eigenvalue weighted by atomic mass is 10.0. The quantitative estimate of drug-likeness (QED) is 0.363. The summed E-state index contributed by atoms with van der Waals surface area (Å²) in [5.41, 5.74) is 4.27. The summed E-state index contributed by atoms with van der Waals surface area (Å²) in [6.07, 6.45) is 2.37. The molecule has 0 unspecified atom stereocenters. The van der Waals surface area contributed by atoms with E-state index in [0.29, 0.717) is 12.6 Å². The largest absolute Gasteiger partial charge is 0.395 e. The van der Waals surface area contributed by atoms with Crippen LogP contribution >= 0.6 is 0 Å². The molecule has 5 nitrogen and oxygen atoms in total. The highest BCUT2D eigenvalue weighted by Gasteiger charge is 2.16. The van der Waals surface area contributed by atoms with Crippen molar-refractivity contribution in [2.24, 2.45) is 5.84 Å². The number of nitrogens with two attached hydrogens (primary N) is 1. The van der Waals surface area contributed by atoms with Crippen molar-refractivity contribution in [1.29, 1.82) is 0 Å². The zero-order valence-corrected chi connectivity index (χ0v) is 13.0. The monoisotopic (exact) mass is 293 g/mol. The Hall–Kier alpha value is -1.43. The third-order valence-corrected chi connectivity index (χ3v) is 3.85. The fourth-order valence-electron chi connectivity index (χ4n) is 2.65. The molecule has 0 fully saturated rings. The highest BCUT2D eigenvalue weighted by atomic mass is 16.3. The molecule has 0 spiro atoms. The molecule has 4 N–H and O–H groups in total. The minimum Gasteiger partial charge on any atom is -0.395 e. The number of hydrogen-bond acceptors (Lipinski definition) is 4.